The summed E-state index contributed by atoms with van der Waals surface area (Å²) in [6.45, 7) is 1.84. The average molecular weight is 511 g/mol. The average Bonchev–Trinajstić information content (AvgIpc) is 3.21. The zero-order chi connectivity index (χ0) is 27.0. The van der Waals surface area contributed by atoms with Crippen molar-refractivity contribution < 1.29 is 19.2 Å². The molecule has 38 heavy (non-hydrogen) atoms. The van der Waals surface area contributed by atoms with E-state index >= 15 is 0 Å². The Morgan fingerprint density at radius 1 is 1.08 bits per heavy atom. The molecule has 11 heteroatoms. The third-order valence-electron chi connectivity index (χ3n) is 6.18. The summed E-state index contributed by atoms with van der Waals surface area (Å²) >= 11 is 0. The van der Waals surface area contributed by atoms with Crippen LogP contribution >= 0.6 is 0 Å². The quantitative estimate of drug-likeness (QED) is 0.179. The first-order chi connectivity index (χ1) is 18.3. The van der Waals surface area contributed by atoms with Gasteiger partial charge in [-0.25, -0.2) is 15.0 Å². The summed E-state index contributed by atoms with van der Waals surface area (Å²) in [5.74, 6) is 1.08. The van der Waals surface area contributed by atoms with Crippen molar-refractivity contribution >= 4 is 28.8 Å². The van der Waals surface area contributed by atoms with Gasteiger partial charge in [-0.3, -0.25) is 14.9 Å². The number of non-ortho nitro benzene ring substituents is 1. The van der Waals surface area contributed by atoms with Gasteiger partial charge in [0.25, 0.3) is 5.69 Å². The molecule has 190 valence electrons. The Balaban J connectivity index is 1.78. The molecule has 3 heterocycles. The van der Waals surface area contributed by atoms with E-state index < -0.39 is 4.92 Å². The Morgan fingerprint density at radius 3 is 2.50 bits per heavy atom. The van der Waals surface area contributed by atoms with Crippen molar-refractivity contribution in [2.45, 2.75) is 6.92 Å². The number of methoxy groups -OCH3 is 1. The number of nitro benzene ring substituents is 1. The molecule has 0 saturated carbocycles. The SMILES string of the molecule is COc1c(Oc2cccc(C)n2)ccc(-c2c(-c3ccc([N+](=O)[O-])cc3)n(C)c3ncnc(N)c23)c1C=O. The summed E-state index contributed by atoms with van der Waals surface area (Å²) in [5, 5.41) is 11.8. The number of carbonyl (C=O) groups is 1. The minimum absolute atomic E-state index is 0.0464. The highest BCUT2D eigenvalue weighted by atomic mass is 16.6. The number of nitro groups is 1. The Bertz CT molecular complexity index is 1710. The Hall–Kier alpha value is -5.32. The van der Waals surface area contributed by atoms with Gasteiger partial charge in [0.05, 0.1) is 28.7 Å². The molecule has 11 nitrogen and oxygen atoms in total. The first-order valence-electron chi connectivity index (χ1n) is 11.5. The summed E-state index contributed by atoms with van der Waals surface area (Å²) in [5.41, 5.74) is 10.2. The molecule has 0 atom stereocenters. The largest absolute Gasteiger partial charge is 0.492 e. The zero-order valence-electron chi connectivity index (χ0n) is 20.7. The Kier molecular flexibility index (Phi) is 6.17. The molecule has 0 aliphatic carbocycles. The Morgan fingerprint density at radius 2 is 1.84 bits per heavy atom. The van der Waals surface area contributed by atoms with Crippen LogP contribution in [0, 0.1) is 17.0 Å². The summed E-state index contributed by atoms with van der Waals surface area (Å²) in [4.78, 5) is 36.2. The number of hydrogen-bond donors (Lipinski definition) is 1. The van der Waals surface area contributed by atoms with E-state index in [1.807, 2.05) is 23.6 Å². The van der Waals surface area contributed by atoms with Crippen LogP contribution in [0.5, 0.6) is 17.4 Å². The lowest BCUT2D eigenvalue weighted by molar-refractivity contribution is -0.384. The number of nitrogens with two attached hydrogens (primary N) is 1. The van der Waals surface area contributed by atoms with E-state index in [-0.39, 0.29) is 22.8 Å². The first kappa shape index (κ1) is 24.4. The van der Waals surface area contributed by atoms with Gasteiger partial charge in [0, 0.05) is 36.5 Å². The molecule has 0 unspecified atom stereocenters. The number of carbonyl (C=O) groups excluding carboxylic acids is 1. The number of nitrogen functional groups attached to an aromatic ring is 1. The van der Waals surface area contributed by atoms with Crippen LogP contribution in [0.15, 0.2) is 60.9 Å². The third kappa shape index (κ3) is 4.05. The number of aryl methyl sites for hydroxylation is 2. The molecule has 5 aromatic rings. The maximum absolute atomic E-state index is 12.5. The van der Waals surface area contributed by atoms with Crippen LogP contribution in [0.1, 0.15) is 16.1 Å². The molecule has 0 aliphatic rings. The molecule has 0 aliphatic heterocycles. The van der Waals surface area contributed by atoms with Crippen molar-refractivity contribution in [1.82, 2.24) is 19.5 Å². The van der Waals surface area contributed by atoms with Gasteiger partial charge < -0.3 is 19.8 Å². The van der Waals surface area contributed by atoms with Crippen molar-refractivity contribution in [1.29, 1.82) is 0 Å². The van der Waals surface area contributed by atoms with Gasteiger partial charge >= 0.3 is 0 Å². The van der Waals surface area contributed by atoms with E-state index in [0.29, 0.717) is 51.3 Å². The molecule has 0 fully saturated rings. The van der Waals surface area contributed by atoms with E-state index in [4.69, 9.17) is 15.2 Å². The fraction of sp³-hybridized carbons (Fsp3) is 0.111. The minimum atomic E-state index is -0.465. The highest BCUT2D eigenvalue weighted by Crippen LogP contribution is 2.46. The van der Waals surface area contributed by atoms with Gasteiger partial charge in [-0.1, -0.05) is 6.07 Å². The predicted molar refractivity (Wildman–Crippen MR) is 141 cm³/mol. The van der Waals surface area contributed by atoms with Gasteiger partial charge in [-0.05, 0) is 48.4 Å². The first-order valence-corrected chi connectivity index (χ1v) is 11.5. The summed E-state index contributed by atoms with van der Waals surface area (Å²) in [7, 11) is 3.24. The summed E-state index contributed by atoms with van der Waals surface area (Å²) in [6.07, 6.45) is 2.04. The molecule has 2 N–H and O–H groups in total. The molecule has 0 bridgehead atoms. The number of hydrogen-bond acceptors (Lipinski definition) is 9. The number of rotatable bonds is 7. The molecular formula is C27H22N6O5. The fourth-order valence-corrected chi connectivity index (χ4v) is 4.51. The molecule has 3 aromatic heterocycles. The van der Waals surface area contributed by atoms with Crippen LogP contribution in [0.3, 0.4) is 0 Å². The van der Waals surface area contributed by atoms with Gasteiger partial charge in [0.2, 0.25) is 5.88 Å². The highest BCUT2D eigenvalue weighted by molar-refractivity contribution is 6.11. The van der Waals surface area contributed by atoms with E-state index in [9.17, 15) is 14.9 Å². The van der Waals surface area contributed by atoms with Crippen LogP contribution in [-0.4, -0.2) is 37.8 Å². The number of benzene rings is 2. The molecule has 5 rings (SSSR count). The number of pyridine rings is 1. The standard InChI is InChI=1S/C27H22N6O5/c1-15-5-4-6-21(31-15)38-20-12-11-18(19(13-34)25(20)37-3)22-23-26(28)29-14-30-27(23)32(2)24(22)16-7-9-17(10-8-16)33(35)36/h4-14H,1-3H3,(H2,28,29,30). The monoisotopic (exact) mass is 510 g/mol. The third-order valence-corrected chi connectivity index (χ3v) is 6.18. The molecule has 0 spiro atoms. The number of anilines is 1. The van der Waals surface area contributed by atoms with E-state index in [0.717, 1.165) is 5.69 Å². The minimum Gasteiger partial charge on any atom is -0.492 e. The van der Waals surface area contributed by atoms with Gasteiger partial charge in [-0.15, -0.1) is 0 Å². The van der Waals surface area contributed by atoms with E-state index in [2.05, 4.69) is 15.0 Å². The molecule has 0 saturated heterocycles. The van der Waals surface area contributed by atoms with E-state index in [1.54, 1.807) is 37.4 Å². The lowest BCUT2D eigenvalue weighted by Gasteiger charge is -2.16. The summed E-state index contributed by atoms with van der Waals surface area (Å²) < 4.78 is 13.4. The lowest BCUT2D eigenvalue weighted by atomic mass is 9.94. The van der Waals surface area contributed by atoms with E-state index in [1.165, 1.54) is 25.6 Å². The molecular weight excluding hydrogens is 488 g/mol. The van der Waals surface area contributed by atoms with Gasteiger partial charge in [0.15, 0.2) is 17.8 Å². The van der Waals surface area contributed by atoms with Gasteiger partial charge in [-0.2, -0.15) is 0 Å². The van der Waals surface area contributed by atoms with Crippen molar-refractivity contribution in [3.63, 3.8) is 0 Å². The van der Waals surface area contributed by atoms with Crippen LogP contribution < -0.4 is 15.2 Å². The molecule has 2 aromatic carbocycles. The fourth-order valence-electron chi connectivity index (χ4n) is 4.51. The second-order valence-electron chi connectivity index (χ2n) is 8.44. The van der Waals surface area contributed by atoms with Crippen molar-refractivity contribution in [2.75, 3.05) is 12.8 Å². The topological polar surface area (TPSA) is 148 Å². The normalized spacial score (nSPS) is 10.9. The Labute approximate surface area is 216 Å². The van der Waals surface area contributed by atoms with Crippen molar-refractivity contribution in [3.05, 3.63) is 82.3 Å². The number of fused-ring (bicyclic) bond motifs is 1. The maximum Gasteiger partial charge on any atom is 0.269 e. The lowest BCUT2D eigenvalue weighted by Crippen LogP contribution is -2.00. The number of aromatic nitrogens is 4. The van der Waals surface area contributed by atoms with Crippen molar-refractivity contribution in [3.8, 4) is 39.8 Å². The highest BCUT2D eigenvalue weighted by Gasteiger charge is 2.26. The van der Waals surface area contributed by atoms with Crippen molar-refractivity contribution in [2.24, 2.45) is 7.05 Å². The smallest absolute Gasteiger partial charge is 0.269 e. The van der Waals surface area contributed by atoms with Crippen LogP contribution in [0.2, 0.25) is 0 Å². The second-order valence-corrected chi connectivity index (χ2v) is 8.44. The van der Waals surface area contributed by atoms with Gasteiger partial charge in [0.1, 0.15) is 17.8 Å². The number of nitrogens with zero attached hydrogens (tertiary/aromatic N) is 5. The van der Waals surface area contributed by atoms with Crippen LogP contribution in [-0.2, 0) is 7.05 Å². The molecule has 0 amide bonds. The van der Waals surface area contributed by atoms with Crippen LogP contribution in [0.25, 0.3) is 33.4 Å². The maximum atomic E-state index is 12.5. The zero-order valence-corrected chi connectivity index (χ0v) is 20.7. The molecule has 0 radical (unpaired) electrons. The summed E-state index contributed by atoms with van der Waals surface area (Å²) in [6, 6.07) is 14.9. The second kappa shape index (κ2) is 9.62. The number of aldehydes is 1. The predicted octanol–water partition coefficient (Wildman–Crippen LogP) is 5.11. The van der Waals surface area contributed by atoms with Crippen LogP contribution in [0.4, 0.5) is 11.5 Å². The number of ether oxygens (including phenoxy) is 2.